The lowest BCUT2D eigenvalue weighted by atomic mass is 9.81. The molecule has 2 bridgehead atoms. The summed E-state index contributed by atoms with van der Waals surface area (Å²) in [6, 6.07) is 16.9. The van der Waals surface area contributed by atoms with Gasteiger partial charge in [0.1, 0.15) is 12.3 Å². The lowest BCUT2D eigenvalue weighted by molar-refractivity contribution is -0.270. The molecule has 44 heavy (non-hydrogen) atoms. The summed E-state index contributed by atoms with van der Waals surface area (Å²) in [5, 5.41) is 7.46. The minimum atomic E-state index is -0.846. The Hall–Kier alpha value is -3.88. The highest BCUT2D eigenvalue weighted by Gasteiger charge is 2.64. The second-order valence-corrected chi connectivity index (χ2v) is 13.4. The maximum Gasteiger partial charge on any atom is 0.308 e. The van der Waals surface area contributed by atoms with Crippen molar-refractivity contribution in [1.29, 1.82) is 0 Å². The summed E-state index contributed by atoms with van der Waals surface area (Å²) in [5.74, 6) is 0.750. The Morgan fingerprint density at radius 1 is 1.07 bits per heavy atom. The third-order valence-electron chi connectivity index (χ3n) is 11.7. The fourth-order valence-corrected chi connectivity index (χ4v) is 10.1. The fraction of sp³-hybridized carbons (Fsp3) is 0.444. The Bertz CT molecular complexity index is 2070. The average Bonchev–Trinajstić information content (AvgIpc) is 3.29. The van der Waals surface area contributed by atoms with E-state index in [1.165, 1.54) is 7.11 Å². The van der Waals surface area contributed by atoms with Crippen LogP contribution in [0.5, 0.6) is 0 Å². The van der Waals surface area contributed by atoms with Crippen molar-refractivity contribution in [2.75, 3.05) is 14.2 Å². The van der Waals surface area contributed by atoms with Gasteiger partial charge in [0.15, 0.2) is 5.72 Å². The molecule has 1 N–H and O–H groups in total. The molecule has 5 aromatic rings. The van der Waals surface area contributed by atoms with E-state index in [-0.39, 0.29) is 42.0 Å². The Morgan fingerprint density at radius 3 is 2.48 bits per heavy atom. The highest BCUT2D eigenvalue weighted by Crippen LogP contribution is 2.64. The molecule has 0 spiro atoms. The van der Waals surface area contributed by atoms with Gasteiger partial charge in [-0.2, -0.15) is 0 Å². The Balaban J connectivity index is 1.39. The minimum Gasteiger partial charge on any atom is -0.469 e. The number of aromatic nitrogens is 2. The molecule has 2 aromatic heterocycles. The van der Waals surface area contributed by atoms with Crippen LogP contribution in [-0.4, -0.2) is 41.3 Å². The number of carbonyl (C=O) groups is 2. The third-order valence-corrected chi connectivity index (χ3v) is 11.7. The first-order valence-corrected chi connectivity index (χ1v) is 15.9. The molecule has 3 aliphatic heterocycles. The van der Waals surface area contributed by atoms with E-state index in [1.807, 2.05) is 6.92 Å². The van der Waals surface area contributed by atoms with Crippen molar-refractivity contribution < 1.29 is 23.8 Å². The van der Waals surface area contributed by atoms with E-state index in [2.05, 4.69) is 76.8 Å². The summed E-state index contributed by atoms with van der Waals surface area (Å²) in [6.07, 6.45) is 1.21. The molecule has 0 radical (unpaired) electrons. The Kier molecular flexibility index (Phi) is 5.34. The van der Waals surface area contributed by atoms with Crippen LogP contribution in [0.1, 0.15) is 55.8 Å². The molecule has 4 unspecified atom stereocenters. The number of hydrogen-bond donors (Lipinski definition) is 1. The van der Waals surface area contributed by atoms with Crippen LogP contribution in [0.25, 0.3) is 43.6 Å². The number of nitrogens with one attached hydrogen (secondary N) is 1. The van der Waals surface area contributed by atoms with Gasteiger partial charge in [-0.1, -0.05) is 56.7 Å². The van der Waals surface area contributed by atoms with E-state index in [4.69, 9.17) is 14.2 Å². The molecule has 8 atom stereocenters. The van der Waals surface area contributed by atoms with Crippen molar-refractivity contribution in [2.45, 2.75) is 58.2 Å². The quantitative estimate of drug-likeness (QED) is 0.237. The van der Waals surface area contributed by atoms with Crippen LogP contribution in [-0.2, 0) is 31.3 Å². The molecule has 9 rings (SSSR count). The van der Waals surface area contributed by atoms with Crippen LogP contribution < -0.4 is 5.32 Å². The van der Waals surface area contributed by atoms with Gasteiger partial charge < -0.3 is 28.7 Å². The van der Waals surface area contributed by atoms with Crippen molar-refractivity contribution in [3.05, 3.63) is 59.7 Å². The van der Waals surface area contributed by atoms with E-state index in [0.717, 1.165) is 67.6 Å². The SMILES string of the molecule is CCC1C(C(C)C(=O)OC)C1[C@@H]1C[C@H]2O[C@@](C)([C@@H]1OC)n1c3ccccc3c3c4c(c5c6ccccc6n2c5c31)C(=O)NC4. The van der Waals surface area contributed by atoms with Crippen molar-refractivity contribution in [3.8, 4) is 0 Å². The number of carbonyl (C=O) groups excluding carboxylic acids is 2. The summed E-state index contributed by atoms with van der Waals surface area (Å²) in [7, 11) is 3.29. The zero-order chi connectivity index (χ0) is 30.2. The van der Waals surface area contributed by atoms with Gasteiger partial charge in [-0.05, 0) is 54.7 Å². The molecule has 8 heteroatoms. The maximum atomic E-state index is 13.6. The molecule has 4 aliphatic rings. The topological polar surface area (TPSA) is 83.7 Å². The molecule has 2 fully saturated rings. The van der Waals surface area contributed by atoms with E-state index >= 15 is 0 Å². The number of nitrogens with zero attached hydrogens (tertiary/aromatic N) is 2. The van der Waals surface area contributed by atoms with E-state index in [1.54, 1.807) is 7.11 Å². The fourth-order valence-electron chi connectivity index (χ4n) is 10.1. The zero-order valence-corrected chi connectivity index (χ0v) is 25.7. The van der Waals surface area contributed by atoms with E-state index < -0.39 is 5.72 Å². The number of hydrogen-bond acceptors (Lipinski definition) is 5. The van der Waals surface area contributed by atoms with Crippen LogP contribution >= 0.6 is 0 Å². The minimum absolute atomic E-state index is 0.0166. The number of fused-ring (bicyclic) bond motifs is 13. The Labute approximate surface area is 255 Å². The summed E-state index contributed by atoms with van der Waals surface area (Å²) in [6.45, 7) is 6.93. The number of para-hydroxylation sites is 2. The first-order valence-electron chi connectivity index (χ1n) is 15.9. The van der Waals surface area contributed by atoms with Gasteiger partial charge in [-0.25, -0.2) is 0 Å². The maximum absolute atomic E-state index is 13.6. The Morgan fingerprint density at radius 2 is 1.77 bits per heavy atom. The first-order chi connectivity index (χ1) is 21.3. The molecule has 1 saturated carbocycles. The van der Waals surface area contributed by atoms with Crippen molar-refractivity contribution >= 4 is 55.5 Å². The number of rotatable bonds is 5. The first kappa shape index (κ1) is 26.5. The zero-order valence-electron chi connectivity index (χ0n) is 25.7. The molecular formula is C36H37N3O5. The third kappa shape index (κ3) is 3.01. The summed E-state index contributed by atoms with van der Waals surface area (Å²) in [4.78, 5) is 26.4. The summed E-state index contributed by atoms with van der Waals surface area (Å²) < 4.78 is 23.9. The van der Waals surface area contributed by atoms with Crippen LogP contribution in [0.4, 0.5) is 0 Å². The molecule has 8 nitrogen and oxygen atoms in total. The van der Waals surface area contributed by atoms with Gasteiger partial charge in [0, 0.05) is 35.2 Å². The molecule has 1 amide bonds. The average molecular weight is 592 g/mol. The number of benzene rings is 3. The predicted molar refractivity (Wildman–Crippen MR) is 168 cm³/mol. The van der Waals surface area contributed by atoms with Crippen molar-refractivity contribution in [1.82, 2.24) is 14.5 Å². The number of ether oxygens (including phenoxy) is 3. The lowest BCUT2D eigenvalue weighted by Gasteiger charge is -2.49. The van der Waals surface area contributed by atoms with Gasteiger partial charge in [0.25, 0.3) is 5.91 Å². The molecule has 3 aromatic carbocycles. The summed E-state index contributed by atoms with van der Waals surface area (Å²) >= 11 is 0. The molecular weight excluding hydrogens is 554 g/mol. The van der Waals surface area contributed by atoms with Gasteiger partial charge >= 0.3 is 5.97 Å². The molecule has 1 aliphatic carbocycles. The van der Waals surface area contributed by atoms with Gasteiger partial charge in [0.05, 0.1) is 40.7 Å². The predicted octanol–water partition coefficient (Wildman–Crippen LogP) is 6.46. The molecule has 226 valence electrons. The number of esters is 1. The van der Waals surface area contributed by atoms with Gasteiger partial charge in [-0.3, -0.25) is 9.59 Å². The van der Waals surface area contributed by atoms with Crippen LogP contribution in [0, 0.1) is 29.6 Å². The van der Waals surface area contributed by atoms with Crippen molar-refractivity contribution in [2.24, 2.45) is 29.6 Å². The molecule has 5 heterocycles. The second kappa shape index (κ2) is 8.86. The van der Waals surface area contributed by atoms with Gasteiger partial charge in [0.2, 0.25) is 0 Å². The summed E-state index contributed by atoms with van der Waals surface area (Å²) in [5.41, 5.74) is 5.29. The highest BCUT2D eigenvalue weighted by atomic mass is 16.6. The number of amides is 1. The van der Waals surface area contributed by atoms with Crippen LogP contribution in [0.3, 0.4) is 0 Å². The lowest BCUT2D eigenvalue weighted by Crippen LogP contribution is -2.54. The van der Waals surface area contributed by atoms with E-state index in [0.29, 0.717) is 18.4 Å². The number of methoxy groups -OCH3 is 2. The standard InChI is InChI=1S/C36H37N3O5/c1-6-18-26(17(2)35(41)43-5)27(18)21-15-25-38-23-13-9-7-11-19(23)29-30-22(16-37-34(30)40)28-20-12-8-10-14-24(20)39(32(28)31(29)38)36(3,44-25)33(21)42-4/h7-14,17-18,21,25-27,33H,6,15-16H2,1-5H3,(H,37,40)/t17?,18?,21-,25+,26?,27?,33+,36-/m0/s1. The second-order valence-electron chi connectivity index (χ2n) is 13.4. The molecule has 1 saturated heterocycles. The monoisotopic (exact) mass is 591 g/mol. The van der Waals surface area contributed by atoms with Crippen LogP contribution in [0.2, 0.25) is 0 Å². The van der Waals surface area contributed by atoms with Crippen molar-refractivity contribution in [3.63, 3.8) is 0 Å². The van der Waals surface area contributed by atoms with Crippen LogP contribution in [0.15, 0.2) is 48.5 Å². The van der Waals surface area contributed by atoms with Gasteiger partial charge in [-0.15, -0.1) is 0 Å². The largest absolute Gasteiger partial charge is 0.469 e. The normalized spacial score (nSPS) is 31.1. The smallest absolute Gasteiger partial charge is 0.308 e. The highest BCUT2D eigenvalue weighted by molar-refractivity contribution is 6.31. The van der Waals surface area contributed by atoms with E-state index in [9.17, 15) is 9.59 Å².